The van der Waals surface area contributed by atoms with Gasteiger partial charge in [-0.3, -0.25) is 0 Å². The molecule has 1 aromatic rings. The number of aryl methyl sites for hydroxylation is 1. The van der Waals surface area contributed by atoms with Gasteiger partial charge in [-0.05, 0) is 79.5 Å². The lowest BCUT2D eigenvalue weighted by Crippen LogP contribution is -2.50. The largest absolute Gasteiger partial charge is 0.454 e. The van der Waals surface area contributed by atoms with E-state index in [4.69, 9.17) is 15.9 Å². The minimum absolute atomic E-state index is 0.128. The molecule has 4 unspecified atom stereocenters. The number of benzene rings is 1. The Morgan fingerprint density at radius 2 is 1.96 bits per heavy atom. The zero-order chi connectivity index (χ0) is 16.5. The van der Waals surface area contributed by atoms with Gasteiger partial charge < -0.3 is 14.6 Å². The molecule has 126 valence electrons. The van der Waals surface area contributed by atoms with Crippen molar-refractivity contribution in [1.29, 1.82) is 0 Å². The predicted molar refractivity (Wildman–Crippen MR) is 91.0 cm³/mol. The molecule has 5 atom stereocenters. The Kier molecular flexibility index (Phi) is 2.87. The summed E-state index contributed by atoms with van der Waals surface area (Å²) in [4.78, 5) is 0. The lowest BCUT2D eigenvalue weighted by Gasteiger charge is -2.52. The maximum atomic E-state index is 11.0. The van der Waals surface area contributed by atoms with Crippen LogP contribution >= 0.6 is 0 Å². The van der Waals surface area contributed by atoms with Gasteiger partial charge in [0.2, 0.25) is 6.79 Å². The van der Waals surface area contributed by atoms with Gasteiger partial charge in [-0.15, -0.1) is 6.42 Å². The van der Waals surface area contributed by atoms with E-state index in [1.54, 1.807) is 0 Å². The van der Waals surface area contributed by atoms with Crippen LogP contribution in [0.15, 0.2) is 12.1 Å². The van der Waals surface area contributed by atoms with Gasteiger partial charge in [0, 0.05) is 5.41 Å². The molecule has 5 rings (SSSR count). The average Bonchev–Trinajstić information content (AvgIpc) is 3.15. The van der Waals surface area contributed by atoms with Crippen LogP contribution in [0.2, 0.25) is 0 Å². The highest BCUT2D eigenvalue weighted by molar-refractivity contribution is 5.51. The lowest BCUT2D eigenvalue weighted by atomic mass is 9.53. The molecule has 24 heavy (non-hydrogen) atoms. The molecule has 0 amide bonds. The Morgan fingerprint density at radius 3 is 2.75 bits per heavy atom. The number of terminal acetylenes is 1. The zero-order valence-corrected chi connectivity index (χ0v) is 14.2. The highest BCUT2D eigenvalue weighted by Crippen LogP contribution is 2.64. The molecule has 0 aromatic heterocycles. The third-order valence-electron chi connectivity index (χ3n) is 7.61. The Balaban J connectivity index is 1.54. The van der Waals surface area contributed by atoms with E-state index in [2.05, 4.69) is 25.0 Å². The van der Waals surface area contributed by atoms with Gasteiger partial charge in [0.15, 0.2) is 11.5 Å². The fraction of sp³-hybridized carbons (Fsp3) is 0.619. The lowest BCUT2D eigenvalue weighted by molar-refractivity contribution is -0.0647. The molecule has 0 bridgehead atoms. The van der Waals surface area contributed by atoms with Crippen molar-refractivity contribution in [3.63, 3.8) is 0 Å². The van der Waals surface area contributed by atoms with Crippen LogP contribution in [0.25, 0.3) is 0 Å². The Morgan fingerprint density at radius 1 is 1.17 bits per heavy atom. The quantitative estimate of drug-likeness (QED) is 0.741. The molecule has 3 nitrogen and oxygen atoms in total. The monoisotopic (exact) mass is 324 g/mol. The summed E-state index contributed by atoms with van der Waals surface area (Å²) < 4.78 is 11.2. The van der Waals surface area contributed by atoms with Crippen LogP contribution in [0.3, 0.4) is 0 Å². The molecule has 1 aliphatic heterocycles. The molecule has 0 radical (unpaired) electrons. The van der Waals surface area contributed by atoms with E-state index in [1.807, 2.05) is 0 Å². The summed E-state index contributed by atoms with van der Waals surface area (Å²) in [5.74, 6) is 6.26. The summed E-state index contributed by atoms with van der Waals surface area (Å²) >= 11 is 0. The summed E-state index contributed by atoms with van der Waals surface area (Å²) in [7, 11) is 0. The second-order valence-electron chi connectivity index (χ2n) is 8.32. The summed E-state index contributed by atoms with van der Waals surface area (Å²) in [5.41, 5.74) is 1.83. The van der Waals surface area contributed by atoms with E-state index in [0.717, 1.165) is 43.6 Å². The topological polar surface area (TPSA) is 38.7 Å². The maximum Gasteiger partial charge on any atom is 0.231 e. The number of aliphatic hydroxyl groups is 1. The van der Waals surface area contributed by atoms with Crippen molar-refractivity contribution < 1.29 is 14.6 Å². The van der Waals surface area contributed by atoms with Crippen molar-refractivity contribution in [2.24, 2.45) is 17.3 Å². The molecule has 1 heterocycles. The average molecular weight is 324 g/mol. The molecular formula is C21H24O3. The highest BCUT2D eigenvalue weighted by atomic mass is 16.7. The van der Waals surface area contributed by atoms with Gasteiger partial charge in [0.25, 0.3) is 0 Å². The Bertz CT molecular complexity index is 748. The van der Waals surface area contributed by atoms with Gasteiger partial charge in [-0.2, -0.15) is 0 Å². The number of ether oxygens (including phenoxy) is 2. The van der Waals surface area contributed by atoms with E-state index in [-0.39, 0.29) is 5.41 Å². The minimum atomic E-state index is -0.919. The van der Waals surface area contributed by atoms with Crippen LogP contribution in [0.4, 0.5) is 0 Å². The molecule has 3 heteroatoms. The van der Waals surface area contributed by atoms with Crippen molar-refractivity contribution >= 4 is 0 Å². The molecule has 1 N–H and O–H groups in total. The SMILES string of the molecule is C#CC1(O)CCC2C3CCc4cc5c(cc4C3CC[C@@]21C)OCO5. The van der Waals surface area contributed by atoms with Crippen molar-refractivity contribution in [3.8, 4) is 23.8 Å². The van der Waals surface area contributed by atoms with Crippen LogP contribution in [-0.2, 0) is 6.42 Å². The first-order valence-corrected chi connectivity index (χ1v) is 9.18. The number of hydrogen-bond donors (Lipinski definition) is 1. The third-order valence-corrected chi connectivity index (χ3v) is 7.61. The molecule has 2 saturated carbocycles. The zero-order valence-electron chi connectivity index (χ0n) is 14.2. The van der Waals surface area contributed by atoms with Crippen molar-refractivity contribution in [2.45, 2.75) is 57.0 Å². The smallest absolute Gasteiger partial charge is 0.231 e. The highest BCUT2D eigenvalue weighted by Gasteiger charge is 2.61. The predicted octanol–water partition coefficient (Wildman–Crippen LogP) is 3.64. The second-order valence-corrected chi connectivity index (χ2v) is 8.32. The van der Waals surface area contributed by atoms with E-state index in [9.17, 15) is 5.11 Å². The van der Waals surface area contributed by atoms with Crippen LogP contribution in [0.1, 0.15) is 56.1 Å². The molecule has 0 spiro atoms. The Labute approximate surface area is 143 Å². The van der Waals surface area contributed by atoms with Gasteiger partial charge in [0.05, 0.1) is 0 Å². The molecule has 3 aliphatic carbocycles. The second kappa shape index (κ2) is 4.70. The van der Waals surface area contributed by atoms with E-state index in [1.165, 1.54) is 17.5 Å². The van der Waals surface area contributed by atoms with E-state index in [0.29, 0.717) is 24.5 Å². The maximum absolute atomic E-state index is 11.0. The molecule has 2 fully saturated rings. The van der Waals surface area contributed by atoms with Crippen LogP contribution < -0.4 is 9.47 Å². The molecule has 1 aromatic carbocycles. The summed E-state index contributed by atoms with van der Waals surface area (Å²) in [5, 5.41) is 11.0. The van der Waals surface area contributed by atoms with Crippen LogP contribution in [-0.4, -0.2) is 17.5 Å². The fourth-order valence-electron chi connectivity index (χ4n) is 6.21. The number of fused-ring (bicyclic) bond motifs is 6. The number of rotatable bonds is 0. The standard InChI is InChI=1S/C21H24O3/c1-3-21(22)9-7-17-15-5-4-13-10-18-19(24-12-23-18)11-16(13)14(15)6-8-20(17,21)2/h1,10-11,14-15,17,22H,4-9,12H2,2H3/t14?,15?,17?,20-,21?/m0/s1. The van der Waals surface area contributed by atoms with E-state index >= 15 is 0 Å². The van der Waals surface area contributed by atoms with Crippen LogP contribution in [0, 0.1) is 29.6 Å². The first-order chi connectivity index (χ1) is 11.6. The van der Waals surface area contributed by atoms with Gasteiger partial charge in [0.1, 0.15) is 5.60 Å². The molecule has 0 saturated heterocycles. The van der Waals surface area contributed by atoms with Crippen LogP contribution in [0.5, 0.6) is 11.5 Å². The van der Waals surface area contributed by atoms with E-state index < -0.39 is 5.60 Å². The third kappa shape index (κ3) is 1.68. The Hall–Kier alpha value is -1.66. The summed E-state index contributed by atoms with van der Waals surface area (Å²) in [6.07, 6.45) is 11.9. The normalized spacial score (nSPS) is 42.0. The molecular weight excluding hydrogens is 300 g/mol. The van der Waals surface area contributed by atoms with Crippen molar-refractivity contribution in [2.75, 3.05) is 6.79 Å². The van der Waals surface area contributed by atoms with Gasteiger partial charge in [-0.25, -0.2) is 0 Å². The summed E-state index contributed by atoms with van der Waals surface area (Å²) in [6.45, 7) is 2.57. The number of hydrogen-bond acceptors (Lipinski definition) is 3. The summed E-state index contributed by atoms with van der Waals surface area (Å²) in [6, 6.07) is 4.41. The first kappa shape index (κ1) is 14.7. The van der Waals surface area contributed by atoms with Crippen molar-refractivity contribution in [1.82, 2.24) is 0 Å². The van der Waals surface area contributed by atoms with Gasteiger partial charge >= 0.3 is 0 Å². The van der Waals surface area contributed by atoms with Crippen molar-refractivity contribution in [3.05, 3.63) is 23.3 Å². The first-order valence-electron chi connectivity index (χ1n) is 9.18. The molecule has 4 aliphatic rings. The van der Waals surface area contributed by atoms with Gasteiger partial charge in [-0.1, -0.05) is 12.8 Å². The minimum Gasteiger partial charge on any atom is -0.454 e. The fourth-order valence-corrected chi connectivity index (χ4v) is 6.21.